The molecule has 0 aliphatic heterocycles. The molecule has 4 aromatic rings. The summed E-state index contributed by atoms with van der Waals surface area (Å²) in [6, 6.07) is 36.2. The van der Waals surface area contributed by atoms with Crippen LogP contribution in [-0.4, -0.2) is 0 Å². The van der Waals surface area contributed by atoms with E-state index in [-0.39, 0.29) is 0 Å². The van der Waals surface area contributed by atoms with Crippen LogP contribution in [0.5, 0.6) is 0 Å². The van der Waals surface area contributed by atoms with E-state index in [0.717, 1.165) is 6.42 Å². The molecule has 0 heterocycles. The van der Waals surface area contributed by atoms with Crippen LogP contribution in [-0.2, 0) is 6.42 Å². The molecule has 144 valence electrons. The molecule has 0 unspecified atom stereocenters. The van der Waals surface area contributed by atoms with Crippen molar-refractivity contribution in [2.45, 2.75) is 40.0 Å². The topological polar surface area (TPSA) is 0 Å². The highest BCUT2D eigenvalue weighted by molar-refractivity contribution is 5.85. The maximum absolute atomic E-state index is 2.22. The van der Waals surface area contributed by atoms with Crippen LogP contribution in [0.15, 0.2) is 103 Å². The lowest BCUT2D eigenvalue weighted by Gasteiger charge is -2.06. The maximum atomic E-state index is 2.22. The van der Waals surface area contributed by atoms with Gasteiger partial charge in [-0.3, -0.25) is 0 Å². The maximum Gasteiger partial charge on any atom is -0.00196 e. The Hall–Kier alpha value is -2.86. The number of hydrogen-bond donors (Lipinski definition) is 0. The molecule has 0 nitrogen and oxygen atoms in total. The monoisotopic (exact) mass is 368 g/mol. The summed E-state index contributed by atoms with van der Waals surface area (Å²) >= 11 is 0. The zero-order chi connectivity index (χ0) is 20.2. The van der Waals surface area contributed by atoms with Gasteiger partial charge in [0.2, 0.25) is 0 Å². The first-order chi connectivity index (χ1) is 13.7. The van der Waals surface area contributed by atoms with Crippen LogP contribution in [0.25, 0.3) is 10.8 Å². The van der Waals surface area contributed by atoms with E-state index in [1.807, 2.05) is 19.9 Å². The van der Waals surface area contributed by atoms with E-state index in [0.29, 0.717) is 5.92 Å². The predicted molar refractivity (Wildman–Crippen MR) is 125 cm³/mol. The van der Waals surface area contributed by atoms with Gasteiger partial charge in [-0.1, -0.05) is 131 Å². The van der Waals surface area contributed by atoms with Crippen LogP contribution >= 0.6 is 0 Å². The molecule has 0 spiro atoms. The molecule has 0 heteroatoms. The summed E-state index contributed by atoms with van der Waals surface area (Å²) in [5.74, 6) is 0.659. The van der Waals surface area contributed by atoms with E-state index >= 15 is 0 Å². The molecule has 0 aliphatic carbocycles. The Balaban J connectivity index is 0.000000216. The zero-order valence-electron chi connectivity index (χ0n) is 17.6. The standard InChI is InChI=1S/C17H14.C9H12.C2H6/c1-2-7-14(8-3-1)13-16-11-6-10-15-9-4-5-12-17(15)16;1-8(2)9-6-4-3-5-7-9;1-2/h1-12H,13H2;3-8H,1-2H3;1-2H3. The average molecular weight is 369 g/mol. The van der Waals surface area contributed by atoms with Gasteiger partial charge in [-0.05, 0) is 39.8 Å². The van der Waals surface area contributed by atoms with Gasteiger partial charge in [-0.15, -0.1) is 0 Å². The van der Waals surface area contributed by atoms with Crippen LogP contribution in [0, 0.1) is 0 Å². The average Bonchev–Trinajstić information content (AvgIpc) is 2.77. The van der Waals surface area contributed by atoms with Gasteiger partial charge in [0.15, 0.2) is 0 Å². The summed E-state index contributed by atoms with van der Waals surface area (Å²) in [7, 11) is 0. The molecule has 0 aliphatic rings. The lowest BCUT2D eigenvalue weighted by Crippen LogP contribution is -1.89. The van der Waals surface area contributed by atoms with Crippen molar-refractivity contribution in [2.24, 2.45) is 0 Å². The van der Waals surface area contributed by atoms with Crippen LogP contribution in [0.4, 0.5) is 0 Å². The molecule has 0 saturated carbocycles. The highest BCUT2D eigenvalue weighted by atomic mass is 14.0. The minimum atomic E-state index is 0.659. The van der Waals surface area contributed by atoms with Crippen molar-refractivity contribution in [1.29, 1.82) is 0 Å². The number of benzene rings is 4. The Morgan fingerprint density at radius 2 is 1.11 bits per heavy atom. The summed E-state index contributed by atoms with van der Waals surface area (Å²) in [6.07, 6.45) is 1.00. The third-order valence-electron chi connectivity index (χ3n) is 4.58. The molecule has 0 radical (unpaired) electrons. The molecule has 0 amide bonds. The van der Waals surface area contributed by atoms with Crippen LogP contribution in [0.1, 0.15) is 50.3 Å². The fourth-order valence-electron chi connectivity index (χ4n) is 3.10. The van der Waals surface area contributed by atoms with E-state index in [1.165, 1.54) is 27.5 Å². The molecule has 0 aromatic heterocycles. The van der Waals surface area contributed by atoms with Gasteiger partial charge in [-0.25, -0.2) is 0 Å². The number of hydrogen-bond acceptors (Lipinski definition) is 0. The SMILES string of the molecule is CC.CC(C)c1ccccc1.c1ccc(Cc2cccc3ccccc23)cc1. The van der Waals surface area contributed by atoms with Crippen molar-refractivity contribution in [1.82, 2.24) is 0 Å². The first kappa shape index (κ1) is 21.4. The second-order valence-electron chi connectivity index (χ2n) is 6.87. The summed E-state index contributed by atoms with van der Waals surface area (Å²) < 4.78 is 0. The van der Waals surface area contributed by atoms with Crippen LogP contribution < -0.4 is 0 Å². The summed E-state index contributed by atoms with van der Waals surface area (Å²) in [5, 5.41) is 2.68. The van der Waals surface area contributed by atoms with Crippen molar-refractivity contribution in [3.05, 3.63) is 120 Å². The fourth-order valence-corrected chi connectivity index (χ4v) is 3.10. The molecule has 0 atom stereocenters. The van der Waals surface area contributed by atoms with Crippen molar-refractivity contribution in [3.8, 4) is 0 Å². The molecular formula is C28H32. The number of fused-ring (bicyclic) bond motifs is 1. The van der Waals surface area contributed by atoms with E-state index in [2.05, 4.69) is 111 Å². The van der Waals surface area contributed by atoms with E-state index in [4.69, 9.17) is 0 Å². The molecule has 4 rings (SSSR count). The van der Waals surface area contributed by atoms with Gasteiger partial charge < -0.3 is 0 Å². The van der Waals surface area contributed by atoms with Crippen molar-refractivity contribution in [2.75, 3.05) is 0 Å². The highest BCUT2D eigenvalue weighted by Crippen LogP contribution is 2.21. The first-order valence-corrected chi connectivity index (χ1v) is 10.3. The molecule has 4 aromatic carbocycles. The third kappa shape index (κ3) is 6.39. The lowest BCUT2D eigenvalue weighted by atomic mass is 9.99. The highest BCUT2D eigenvalue weighted by Gasteiger charge is 2.00. The molecule has 0 N–H and O–H groups in total. The summed E-state index contributed by atoms with van der Waals surface area (Å²) in [4.78, 5) is 0. The van der Waals surface area contributed by atoms with Gasteiger partial charge in [0, 0.05) is 0 Å². The number of rotatable bonds is 3. The Morgan fingerprint density at radius 1 is 0.571 bits per heavy atom. The Bertz CT molecular complexity index is 916. The molecule has 28 heavy (non-hydrogen) atoms. The van der Waals surface area contributed by atoms with E-state index in [1.54, 1.807) is 0 Å². The molecular weight excluding hydrogens is 336 g/mol. The Kier molecular flexibility index (Phi) is 9.01. The predicted octanol–water partition coefficient (Wildman–Crippen LogP) is 8.27. The van der Waals surface area contributed by atoms with Crippen molar-refractivity contribution < 1.29 is 0 Å². The van der Waals surface area contributed by atoms with E-state index in [9.17, 15) is 0 Å². The van der Waals surface area contributed by atoms with Gasteiger partial charge in [0.1, 0.15) is 0 Å². The first-order valence-electron chi connectivity index (χ1n) is 10.3. The largest absolute Gasteiger partial charge is 0.0683 e. The molecule has 0 fully saturated rings. The minimum Gasteiger partial charge on any atom is -0.0683 e. The van der Waals surface area contributed by atoms with E-state index < -0.39 is 0 Å². The fraction of sp³-hybridized carbons (Fsp3) is 0.214. The van der Waals surface area contributed by atoms with Crippen molar-refractivity contribution in [3.63, 3.8) is 0 Å². The summed E-state index contributed by atoms with van der Waals surface area (Å²) in [5.41, 5.74) is 4.18. The van der Waals surface area contributed by atoms with Gasteiger partial charge in [0.05, 0.1) is 0 Å². The summed E-state index contributed by atoms with van der Waals surface area (Å²) in [6.45, 7) is 8.41. The van der Waals surface area contributed by atoms with Crippen molar-refractivity contribution >= 4 is 10.8 Å². The van der Waals surface area contributed by atoms with Gasteiger partial charge in [-0.2, -0.15) is 0 Å². The third-order valence-corrected chi connectivity index (χ3v) is 4.58. The van der Waals surface area contributed by atoms with Gasteiger partial charge in [0.25, 0.3) is 0 Å². The van der Waals surface area contributed by atoms with Crippen LogP contribution in [0.2, 0.25) is 0 Å². The molecule has 0 bridgehead atoms. The second-order valence-corrected chi connectivity index (χ2v) is 6.87. The lowest BCUT2D eigenvalue weighted by molar-refractivity contribution is 0.867. The minimum absolute atomic E-state index is 0.659. The van der Waals surface area contributed by atoms with Crippen LogP contribution in [0.3, 0.4) is 0 Å². The molecule has 0 saturated heterocycles. The Labute approximate surface area is 170 Å². The normalized spacial score (nSPS) is 9.89. The quantitative estimate of drug-likeness (QED) is 0.341. The smallest absolute Gasteiger partial charge is 0.00196 e. The Morgan fingerprint density at radius 3 is 1.71 bits per heavy atom. The second kappa shape index (κ2) is 11.8. The van der Waals surface area contributed by atoms with Gasteiger partial charge >= 0.3 is 0 Å². The zero-order valence-corrected chi connectivity index (χ0v) is 17.6.